The first-order valence-corrected chi connectivity index (χ1v) is 23.3. The lowest BCUT2D eigenvalue weighted by Crippen LogP contribution is -2.49. The van der Waals surface area contributed by atoms with Gasteiger partial charge in [0.2, 0.25) is 0 Å². The van der Waals surface area contributed by atoms with Crippen molar-refractivity contribution >= 4 is 22.6 Å². The summed E-state index contributed by atoms with van der Waals surface area (Å²) in [4.78, 5) is 11.7. The lowest BCUT2D eigenvalue weighted by molar-refractivity contribution is -0.140. The van der Waals surface area contributed by atoms with Crippen LogP contribution in [0.15, 0.2) is 22.8 Å². The molecule has 6 atom stereocenters. The number of fused-ring (bicyclic) bond motifs is 1. The molecule has 3 aliphatic rings. The first-order chi connectivity index (χ1) is 20.1. The summed E-state index contributed by atoms with van der Waals surface area (Å²) in [5.74, 6) is 9.25. The lowest BCUT2D eigenvalue weighted by Gasteiger charge is -2.45. The molecule has 0 amide bonds. The Hall–Kier alpha value is -1.14. The molecule has 0 aromatic heterocycles. The van der Waals surface area contributed by atoms with Crippen molar-refractivity contribution in [2.45, 2.75) is 169 Å². The van der Waals surface area contributed by atoms with E-state index < -0.39 is 16.6 Å². The molecule has 0 saturated heterocycles. The zero-order valence-corrected chi connectivity index (χ0v) is 33.0. The Kier molecular flexibility index (Phi) is 11.8. The Balaban J connectivity index is 1.87. The Bertz CT molecular complexity index is 1160. The third-order valence-corrected chi connectivity index (χ3v) is 21.5. The van der Waals surface area contributed by atoms with Gasteiger partial charge in [0.05, 0.1) is 19.3 Å². The smallest absolute Gasteiger partial charge is 0.305 e. The third kappa shape index (κ3) is 8.41. The maximum Gasteiger partial charge on any atom is 0.305 e. The Morgan fingerprint density at radius 2 is 1.64 bits per heavy atom. The Morgan fingerprint density at radius 1 is 1.02 bits per heavy atom. The molecule has 3 rings (SSSR count). The second kappa shape index (κ2) is 13.9. The van der Waals surface area contributed by atoms with Gasteiger partial charge >= 0.3 is 5.97 Å². The average molecular weight is 643 g/mol. The maximum absolute atomic E-state index is 11.7. The quantitative estimate of drug-likeness (QED) is 0.143. The van der Waals surface area contributed by atoms with Crippen LogP contribution in [0.2, 0.25) is 36.3 Å². The Morgan fingerprint density at radius 3 is 2.23 bits per heavy atom. The standard InChI is InChI=1S/C38H66O4Si2/c1-27(17-15-19-35(39)40-10)32-22-23-33-29(18-16-24-38(32,33)9)20-21-30-25-31(41-43(11,12)36(3,4)5)26-34(28(30)2)42-44(13,14)37(6,7)8/h18,27,31-34H,15-17,19,22-26H2,1-14H3/t27-,31-,32-,33+,34+,38-/m1/s1. The number of rotatable bonds is 9. The topological polar surface area (TPSA) is 44.8 Å². The molecule has 0 aliphatic heterocycles. The van der Waals surface area contributed by atoms with Crippen molar-refractivity contribution in [2.24, 2.45) is 23.2 Å². The van der Waals surface area contributed by atoms with Gasteiger partial charge in [-0.1, -0.05) is 73.3 Å². The zero-order valence-electron chi connectivity index (χ0n) is 31.0. The molecule has 0 spiro atoms. The van der Waals surface area contributed by atoms with E-state index in [2.05, 4.69) is 106 Å². The average Bonchev–Trinajstić information content (AvgIpc) is 3.25. The van der Waals surface area contributed by atoms with Gasteiger partial charge in [-0.3, -0.25) is 4.79 Å². The first kappa shape index (κ1) is 37.3. The molecule has 6 heteroatoms. The fraction of sp³-hybridized carbons (Fsp3) is 0.816. The second-order valence-electron chi connectivity index (χ2n) is 17.6. The van der Waals surface area contributed by atoms with Crippen LogP contribution in [0.25, 0.3) is 0 Å². The summed E-state index contributed by atoms with van der Waals surface area (Å²) >= 11 is 0. The minimum absolute atomic E-state index is 0.0658. The molecular weight excluding hydrogens is 577 g/mol. The highest BCUT2D eigenvalue weighted by molar-refractivity contribution is 6.74. The van der Waals surface area contributed by atoms with Crippen LogP contribution < -0.4 is 0 Å². The predicted molar refractivity (Wildman–Crippen MR) is 191 cm³/mol. The molecule has 0 heterocycles. The summed E-state index contributed by atoms with van der Waals surface area (Å²) in [6.07, 6.45) is 11.8. The van der Waals surface area contributed by atoms with Gasteiger partial charge in [0.15, 0.2) is 16.6 Å². The van der Waals surface area contributed by atoms with Crippen LogP contribution in [-0.4, -0.2) is 41.9 Å². The number of carbonyl (C=O) groups excluding carboxylic acids is 1. The zero-order chi connectivity index (χ0) is 33.3. The van der Waals surface area contributed by atoms with Crippen LogP contribution in [-0.2, 0) is 18.4 Å². The van der Waals surface area contributed by atoms with Crippen LogP contribution in [0.4, 0.5) is 0 Å². The molecule has 0 radical (unpaired) electrons. The van der Waals surface area contributed by atoms with E-state index >= 15 is 0 Å². The Labute approximate surface area is 273 Å². The first-order valence-electron chi connectivity index (χ1n) is 17.5. The molecular formula is C38H66O4Si2. The number of hydrogen-bond donors (Lipinski definition) is 0. The molecule has 0 aromatic carbocycles. The number of carbonyl (C=O) groups is 1. The largest absolute Gasteiger partial charge is 0.469 e. The second-order valence-corrected chi connectivity index (χ2v) is 27.1. The monoisotopic (exact) mass is 642 g/mol. The molecule has 4 nitrogen and oxygen atoms in total. The molecule has 1 saturated carbocycles. The van der Waals surface area contributed by atoms with E-state index in [0.29, 0.717) is 24.2 Å². The summed E-state index contributed by atoms with van der Waals surface area (Å²) in [5, 5.41) is 0.316. The summed E-state index contributed by atoms with van der Waals surface area (Å²) < 4.78 is 19.0. The van der Waals surface area contributed by atoms with Crippen molar-refractivity contribution in [1.82, 2.24) is 0 Å². The minimum atomic E-state index is -1.97. The molecule has 250 valence electrons. The van der Waals surface area contributed by atoms with Gasteiger partial charge in [0.25, 0.3) is 0 Å². The van der Waals surface area contributed by atoms with E-state index in [1.165, 1.54) is 43.1 Å². The number of allylic oxidation sites excluding steroid dienone is 2. The van der Waals surface area contributed by atoms with Crippen molar-refractivity contribution in [3.8, 4) is 11.8 Å². The highest BCUT2D eigenvalue weighted by Gasteiger charge is 2.50. The third-order valence-electron chi connectivity index (χ3n) is 12.5. The van der Waals surface area contributed by atoms with E-state index in [9.17, 15) is 4.79 Å². The van der Waals surface area contributed by atoms with Crippen LogP contribution in [0.5, 0.6) is 0 Å². The van der Waals surface area contributed by atoms with Crippen LogP contribution in [0, 0.1) is 35.0 Å². The molecule has 1 fully saturated rings. The summed E-state index contributed by atoms with van der Waals surface area (Å²) in [6, 6.07) is 0. The minimum Gasteiger partial charge on any atom is -0.469 e. The fourth-order valence-corrected chi connectivity index (χ4v) is 10.2. The molecule has 0 N–H and O–H groups in total. The van der Waals surface area contributed by atoms with Crippen molar-refractivity contribution in [1.29, 1.82) is 0 Å². The van der Waals surface area contributed by atoms with E-state index in [1.807, 2.05) is 0 Å². The van der Waals surface area contributed by atoms with Gasteiger partial charge < -0.3 is 13.6 Å². The SMILES string of the molecule is COC(=O)CCC[C@@H](C)[C@H]1CC[C@H]2C(C#CC3=C(C)[C@@H](O[Si](C)(C)C(C)(C)C)C[C@H](O[Si](C)(C)C(C)(C)C)C3)=CCC[C@]12C. The fourth-order valence-electron chi connectivity index (χ4n) is 7.49. The van der Waals surface area contributed by atoms with Crippen LogP contribution >= 0.6 is 0 Å². The molecule has 0 aromatic rings. The van der Waals surface area contributed by atoms with E-state index in [4.69, 9.17) is 13.6 Å². The van der Waals surface area contributed by atoms with Crippen molar-refractivity contribution in [2.75, 3.05) is 7.11 Å². The molecule has 3 aliphatic carbocycles. The highest BCUT2D eigenvalue weighted by atomic mass is 28.4. The van der Waals surface area contributed by atoms with E-state index in [0.717, 1.165) is 32.1 Å². The molecule has 44 heavy (non-hydrogen) atoms. The molecule has 0 unspecified atom stereocenters. The maximum atomic E-state index is 11.7. The van der Waals surface area contributed by atoms with Gasteiger partial charge in [0, 0.05) is 30.4 Å². The normalized spacial score (nSPS) is 29.0. The number of ether oxygens (including phenoxy) is 1. The number of methoxy groups -OCH3 is 1. The van der Waals surface area contributed by atoms with E-state index in [-0.39, 0.29) is 33.7 Å². The van der Waals surface area contributed by atoms with Crippen molar-refractivity contribution < 1.29 is 18.4 Å². The lowest BCUT2D eigenvalue weighted by atomic mass is 9.62. The summed E-state index contributed by atoms with van der Waals surface area (Å²) in [7, 11) is -2.43. The van der Waals surface area contributed by atoms with Crippen molar-refractivity contribution in [3.05, 3.63) is 22.8 Å². The van der Waals surface area contributed by atoms with Gasteiger partial charge in [0.1, 0.15) is 0 Å². The van der Waals surface area contributed by atoms with Gasteiger partial charge in [-0.25, -0.2) is 0 Å². The summed E-state index contributed by atoms with van der Waals surface area (Å²) in [6.45, 7) is 30.6. The number of hydrogen-bond acceptors (Lipinski definition) is 4. The van der Waals surface area contributed by atoms with Crippen LogP contribution in [0.3, 0.4) is 0 Å². The van der Waals surface area contributed by atoms with Gasteiger partial charge in [-0.15, -0.1) is 0 Å². The summed E-state index contributed by atoms with van der Waals surface area (Å²) in [5.41, 5.74) is 4.20. The van der Waals surface area contributed by atoms with Crippen LogP contribution in [0.1, 0.15) is 120 Å². The number of esters is 1. The van der Waals surface area contributed by atoms with Gasteiger partial charge in [-0.2, -0.15) is 0 Å². The van der Waals surface area contributed by atoms with E-state index in [1.54, 1.807) is 0 Å². The van der Waals surface area contributed by atoms with Gasteiger partial charge in [-0.05, 0) is 110 Å². The predicted octanol–water partition coefficient (Wildman–Crippen LogP) is 10.6. The molecule has 0 bridgehead atoms. The van der Waals surface area contributed by atoms with Crippen molar-refractivity contribution in [3.63, 3.8) is 0 Å². The highest BCUT2D eigenvalue weighted by Crippen LogP contribution is 2.58.